The average Bonchev–Trinajstić information content (AvgIpc) is 3.57. The maximum Gasteiger partial charge on any atom is 0.222 e. The van der Waals surface area contributed by atoms with E-state index < -0.39 is 0 Å². The van der Waals surface area contributed by atoms with E-state index in [1.165, 1.54) is 0 Å². The van der Waals surface area contributed by atoms with Crippen LogP contribution in [0.4, 0.5) is 5.82 Å². The number of amides is 1. The predicted octanol–water partition coefficient (Wildman–Crippen LogP) is 3.40. The fourth-order valence-electron chi connectivity index (χ4n) is 4.23. The second-order valence-electron chi connectivity index (χ2n) is 9.14. The summed E-state index contributed by atoms with van der Waals surface area (Å²) in [7, 11) is 1.66. The molecule has 0 N–H and O–H groups in total. The number of carbonyl (C=O) groups is 1. The second-order valence-corrected chi connectivity index (χ2v) is 9.14. The first kappa shape index (κ1) is 20.7. The van der Waals surface area contributed by atoms with Gasteiger partial charge in [-0.2, -0.15) is 5.10 Å². The quantitative estimate of drug-likeness (QED) is 0.592. The van der Waals surface area contributed by atoms with Crippen LogP contribution in [-0.2, 0) is 4.79 Å². The van der Waals surface area contributed by atoms with Crippen LogP contribution < -0.4 is 9.64 Å². The van der Waals surface area contributed by atoms with Crippen molar-refractivity contribution in [3.8, 4) is 11.4 Å². The minimum absolute atomic E-state index is 0.249. The third-order valence-electron chi connectivity index (χ3n) is 6.20. The Morgan fingerprint density at radius 2 is 1.81 bits per heavy atom. The van der Waals surface area contributed by atoms with E-state index in [4.69, 9.17) is 14.7 Å². The fraction of sp³-hybridized carbons (Fsp3) is 0.500. The number of fused-ring (bicyclic) bond motifs is 1. The van der Waals surface area contributed by atoms with Gasteiger partial charge in [0.15, 0.2) is 5.65 Å². The Balaban J connectivity index is 1.46. The molecule has 2 aliphatic rings. The zero-order valence-corrected chi connectivity index (χ0v) is 19.0. The van der Waals surface area contributed by atoms with Gasteiger partial charge in [-0.05, 0) is 43.0 Å². The van der Waals surface area contributed by atoms with Gasteiger partial charge in [0.1, 0.15) is 17.4 Å². The van der Waals surface area contributed by atoms with Crippen molar-refractivity contribution < 1.29 is 9.53 Å². The van der Waals surface area contributed by atoms with Crippen molar-refractivity contribution in [3.05, 3.63) is 36.3 Å². The third-order valence-corrected chi connectivity index (χ3v) is 6.20. The molecule has 8 nitrogen and oxygen atoms in total. The van der Waals surface area contributed by atoms with E-state index in [0.29, 0.717) is 18.3 Å². The molecule has 1 aliphatic carbocycles. The molecular weight excluding hydrogens is 404 g/mol. The van der Waals surface area contributed by atoms with Crippen molar-refractivity contribution in [2.75, 3.05) is 38.2 Å². The van der Waals surface area contributed by atoms with Gasteiger partial charge in [-0.1, -0.05) is 13.8 Å². The summed E-state index contributed by atoms with van der Waals surface area (Å²) in [6.45, 7) is 7.17. The molecule has 0 spiro atoms. The van der Waals surface area contributed by atoms with Gasteiger partial charge >= 0.3 is 0 Å². The van der Waals surface area contributed by atoms with Crippen LogP contribution in [0.25, 0.3) is 16.7 Å². The molecule has 32 heavy (non-hydrogen) atoms. The zero-order valence-electron chi connectivity index (χ0n) is 19.0. The summed E-state index contributed by atoms with van der Waals surface area (Å²) in [5.74, 6) is 3.72. The Morgan fingerprint density at radius 1 is 1.09 bits per heavy atom. The number of hydrogen-bond donors (Lipinski definition) is 0. The summed E-state index contributed by atoms with van der Waals surface area (Å²) in [5, 5.41) is 5.61. The van der Waals surface area contributed by atoms with Gasteiger partial charge in [0, 0.05) is 38.5 Å². The van der Waals surface area contributed by atoms with Crippen LogP contribution in [0.2, 0.25) is 0 Å². The van der Waals surface area contributed by atoms with Crippen molar-refractivity contribution in [2.24, 2.45) is 5.92 Å². The van der Waals surface area contributed by atoms with Crippen molar-refractivity contribution in [1.82, 2.24) is 24.6 Å². The lowest BCUT2D eigenvalue weighted by molar-refractivity contribution is -0.132. The molecule has 0 unspecified atom stereocenters. The first-order valence-corrected chi connectivity index (χ1v) is 11.5. The molecular formula is C24H30N6O2. The zero-order chi connectivity index (χ0) is 22.2. The summed E-state index contributed by atoms with van der Waals surface area (Å²) < 4.78 is 7.17. The van der Waals surface area contributed by atoms with E-state index in [2.05, 4.69) is 23.8 Å². The number of nitrogens with zero attached hydrogens (tertiary/aromatic N) is 6. The standard InChI is InChI=1S/C24H30N6O2/c1-16(2)14-21(31)28-10-12-29(13-11-28)23-20-15-25-30(18-6-8-19(32-3)9-7-18)24(20)27-22(26-23)17-4-5-17/h6-9,15-17H,4-5,10-14H2,1-3H3. The second kappa shape index (κ2) is 8.41. The lowest BCUT2D eigenvalue weighted by Crippen LogP contribution is -2.49. The molecule has 2 fully saturated rings. The number of ether oxygens (including phenoxy) is 1. The fourth-order valence-corrected chi connectivity index (χ4v) is 4.23. The summed E-state index contributed by atoms with van der Waals surface area (Å²) in [5.41, 5.74) is 1.77. The minimum atomic E-state index is 0.249. The van der Waals surface area contributed by atoms with Crippen LogP contribution >= 0.6 is 0 Å². The average molecular weight is 435 g/mol. The molecule has 0 radical (unpaired) electrons. The summed E-state index contributed by atoms with van der Waals surface area (Å²) in [6, 6.07) is 7.84. The molecule has 3 heterocycles. The van der Waals surface area contributed by atoms with E-state index in [1.807, 2.05) is 40.0 Å². The first-order chi connectivity index (χ1) is 15.5. The van der Waals surface area contributed by atoms with Gasteiger partial charge in [-0.25, -0.2) is 14.6 Å². The van der Waals surface area contributed by atoms with Crippen LogP contribution in [0, 0.1) is 5.92 Å². The molecule has 1 aromatic carbocycles. The smallest absolute Gasteiger partial charge is 0.222 e. The van der Waals surface area contributed by atoms with E-state index >= 15 is 0 Å². The van der Waals surface area contributed by atoms with Crippen molar-refractivity contribution in [3.63, 3.8) is 0 Å². The summed E-state index contributed by atoms with van der Waals surface area (Å²) in [6.07, 6.45) is 4.75. The molecule has 1 saturated carbocycles. The van der Waals surface area contributed by atoms with Crippen LogP contribution in [0.15, 0.2) is 30.5 Å². The van der Waals surface area contributed by atoms with E-state index in [-0.39, 0.29) is 5.91 Å². The number of benzene rings is 1. The predicted molar refractivity (Wildman–Crippen MR) is 123 cm³/mol. The molecule has 1 aliphatic heterocycles. The molecule has 8 heteroatoms. The molecule has 0 atom stereocenters. The highest BCUT2D eigenvalue weighted by Crippen LogP contribution is 2.40. The first-order valence-electron chi connectivity index (χ1n) is 11.5. The Labute approximate surface area is 188 Å². The number of carbonyl (C=O) groups excluding carboxylic acids is 1. The number of piperazine rings is 1. The Kier molecular flexibility index (Phi) is 5.45. The SMILES string of the molecule is COc1ccc(-n2ncc3c(N4CCN(C(=O)CC(C)C)CC4)nc(C4CC4)nc32)cc1. The van der Waals surface area contributed by atoms with Gasteiger partial charge in [0.2, 0.25) is 5.91 Å². The number of aromatic nitrogens is 4. The molecule has 0 bridgehead atoms. The van der Waals surface area contributed by atoms with Crippen molar-refractivity contribution in [2.45, 2.75) is 39.0 Å². The summed E-state index contributed by atoms with van der Waals surface area (Å²) in [4.78, 5) is 26.6. The highest BCUT2D eigenvalue weighted by atomic mass is 16.5. The third kappa shape index (κ3) is 4.01. The number of methoxy groups -OCH3 is 1. The maximum absolute atomic E-state index is 12.5. The Morgan fingerprint density at radius 3 is 2.44 bits per heavy atom. The maximum atomic E-state index is 12.5. The normalized spacial score (nSPS) is 16.8. The van der Waals surface area contributed by atoms with Gasteiger partial charge < -0.3 is 14.5 Å². The van der Waals surface area contributed by atoms with Crippen molar-refractivity contribution >= 4 is 22.8 Å². The highest BCUT2D eigenvalue weighted by molar-refractivity contribution is 5.88. The molecule has 3 aromatic rings. The van der Waals surface area contributed by atoms with Gasteiger partial charge in [-0.15, -0.1) is 0 Å². The lowest BCUT2D eigenvalue weighted by atomic mass is 10.1. The molecule has 5 rings (SSSR count). The number of hydrogen-bond acceptors (Lipinski definition) is 6. The topological polar surface area (TPSA) is 76.4 Å². The van der Waals surface area contributed by atoms with E-state index in [9.17, 15) is 4.79 Å². The minimum Gasteiger partial charge on any atom is -0.497 e. The van der Waals surface area contributed by atoms with Crippen molar-refractivity contribution in [1.29, 1.82) is 0 Å². The number of anilines is 1. The molecule has 168 valence electrons. The van der Waals surface area contributed by atoms with E-state index in [0.717, 1.165) is 73.1 Å². The van der Waals surface area contributed by atoms with Gasteiger partial charge in [0.05, 0.1) is 24.4 Å². The highest BCUT2D eigenvalue weighted by Gasteiger charge is 2.31. The Hall–Kier alpha value is -3.16. The Bertz CT molecular complexity index is 1110. The molecule has 1 amide bonds. The van der Waals surface area contributed by atoms with Crippen LogP contribution in [-0.4, -0.2) is 63.8 Å². The number of rotatable bonds is 6. The van der Waals surface area contributed by atoms with Crippen LogP contribution in [0.5, 0.6) is 5.75 Å². The lowest BCUT2D eigenvalue weighted by Gasteiger charge is -2.36. The van der Waals surface area contributed by atoms with Gasteiger partial charge in [0.25, 0.3) is 0 Å². The summed E-state index contributed by atoms with van der Waals surface area (Å²) >= 11 is 0. The monoisotopic (exact) mass is 434 g/mol. The van der Waals surface area contributed by atoms with Crippen LogP contribution in [0.1, 0.15) is 44.9 Å². The van der Waals surface area contributed by atoms with E-state index in [1.54, 1.807) is 7.11 Å². The molecule has 1 saturated heterocycles. The largest absolute Gasteiger partial charge is 0.497 e. The van der Waals surface area contributed by atoms with Gasteiger partial charge in [-0.3, -0.25) is 4.79 Å². The van der Waals surface area contributed by atoms with Crippen LogP contribution in [0.3, 0.4) is 0 Å². The molecule has 2 aromatic heterocycles.